The first-order valence-electron chi connectivity index (χ1n) is 7.14. The average molecular weight is 312 g/mol. The van der Waals surface area contributed by atoms with Crippen LogP contribution in [0.15, 0.2) is 42.5 Å². The number of hydrogen-bond acceptors (Lipinski definition) is 4. The number of carbonyl (C=O) groups excluding carboxylic acids is 2. The molecule has 0 saturated carbocycles. The van der Waals surface area contributed by atoms with Crippen LogP contribution in [0, 0.1) is 0 Å². The van der Waals surface area contributed by atoms with Crippen LogP contribution in [0.3, 0.4) is 0 Å². The van der Waals surface area contributed by atoms with Crippen molar-refractivity contribution < 1.29 is 19.1 Å². The third-order valence-electron chi connectivity index (χ3n) is 3.50. The highest BCUT2D eigenvalue weighted by atomic mass is 16.5. The first-order valence-corrected chi connectivity index (χ1v) is 7.14. The van der Waals surface area contributed by atoms with Crippen molar-refractivity contribution in [1.29, 1.82) is 0 Å². The van der Waals surface area contributed by atoms with Crippen LogP contribution < -0.4 is 20.1 Å². The summed E-state index contributed by atoms with van der Waals surface area (Å²) in [6.45, 7) is 1.68. The molecule has 23 heavy (non-hydrogen) atoms. The molecule has 1 atom stereocenters. The number of carbonyl (C=O) groups is 2. The highest BCUT2D eigenvalue weighted by molar-refractivity contribution is 6.05. The van der Waals surface area contributed by atoms with E-state index >= 15 is 0 Å². The van der Waals surface area contributed by atoms with Gasteiger partial charge in [-0.2, -0.15) is 0 Å². The van der Waals surface area contributed by atoms with Crippen molar-refractivity contribution in [1.82, 2.24) is 0 Å². The Balaban J connectivity index is 1.79. The van der Waals surface area contributed by atoms with Crippen LogP contribution >= 0.6 is 0 Å². The van der Waals surface area contributed by atoms with E-state index in [1.807, 2.05) is 0 Å². The Morgan fingerprint density at radius 1 is 1.26 bits per heavy atom. The van der Waals surface area contributed by atoms with Gasteiger partial charge in [-0.15, -0.1) is 0 Å². The maximum Gasteiger partial charge on any atom is 0.265 e. The van der Waals surface area contributed by atoms with Crippen LogP contribution in [0.1, 0.15) is 17.3 Å². The number of anilines is 2. The topological polar surface area (TPSA) is 76.7 Å². The molecule has 1 aliphatic heterocycles. The molecule has 2 amide bonds. The zero-order valence-corrected chi connectivity index (χ0v) is 12.8. The largest absolute Gasteiger partial charge is 0.497 e. The van der Waals surface area contributed by atoms with Gasteiger partial charge in [-0.05, 0) is 43.3 Å². The summed E-state index contributed by atoms with van der Waals surface area (Å²) in [7, 11) is 1.55. The zero-order valence-electron chi connectivity index (χ0n) is 12.8. The minimum atomic E-state index is -0.528. The second-order valence-corrected chi connectivity index (χ2v) is 5.15. The number of hydrogen-bond donors (Lipinski definition) is 2. The van der Waals surface area contributed by atoms with E-state index < -0.39 is 6.10 Å². The fourth-order valence-corrected chi connectivity index (χ4v) is 2.25. The van der Waals surface area contributed by atoms with Crippen molar-refractivity contribution >= 4 is 23.2 Å². The summed E-state index contributed by atoms with van der Waals surface area (Å²) >= 11 is 0. The van der Waals surface area contributed by atoms with Crippen LogP contribution in [0.4, 0.5) is 11.4 Å². The summed E-state index contributed by atoms with van der Waals surface area (Å²) in [5, 5.41) is 5.53. The zero-order chi connectivity index (χ0) is 16.4. The number of nitrogens with one attached hydrogen (secondary N) is 2. The molecule has 0 fully saturated rings. The maximum atomic E-state index is 12.3. The SMILES string of the molecule is COc1cccc(C(=O)Nc2ccc3c(c2)NC(=O)[C@@H](C)O3)c1. The van der Waals surface area contributed by atoms with E-state index in [4.69, 9.17) is 9.47 Å². The summed E-state index contributed by atoms with van der Waals surface area (Å²) < 4.78 is 10.6. The second kappa shape index (κ2) is 6.00. The molecule has 0 aromatic heterocycles. The van der Waals surface area contributed by atoms with Crippen LogP contribution in [0.5, 0.6) is 11.5 Å². The first kappa shape index (κ1) is 14.9. The Labute approximate surface area is 133 Å². The van der Waals surface area contributed by atoms with E-state index in [-0.39, 0.29) is 11.8 Å². The predicted octanol–water partition coefficient (Wildman–Crippen LogP) is 2.67. The highest BCUT2D eigenvalue weighted by Gasteiger charge is 2.23. The lowest BCUT2D eigenvalue weighted by Gasteiger charge is -2.23. The molecule has 0 unspecified atom stereocenters. The predicted molar refractivity (Wildman–Crippen MR) is 86.1 cm³/mol. The molecule has 2 aromatic carbocycles. The van der Waals surface area contributed by atoms with Gasteiger partial charge in [-0.25, -0.2) is 0 Å². The van der Waals surface area contributed by atoms with E-state index in [1.54, 1.807) is 56.5 Å². The number of methoxy groups -OCH3 is 1. The number of benzene rings is 2. The Hall–Kier alpha value is -3.02. The Morgan fingerprint density at radius 3 is 2.87 bits per heavy atom. The normalized spacial score (nSPS) is 15.9. The van der Waals surface area contributed by atoms with Gasteiger partial charge in [0.25, 0.3) is 11.8 Å². The Bertz CT molecular complexity index is 773. The van der Waals surface area contributed by atoms with Crippen molar-refractivity contribution in [3.63, 3.8) is 0 Å². The molecular formula is C17H16N2O4. The van der Waals surface area contributed by atoms with E-state index in [9.17, 15) is 9.59 Å². The van der Waals surface area contributed by atoms with Gasteiger partial charge in [0, 0.05) is 11.3 Å². The molecular weight excluding hydrogens is 296 g/mol. The van der Waals surface area contributed by atoms with Crippen molar-refractivity contribution in [2.75, 3.05) is 17.7 Å². The number of fused-ring (bicyclic) bond motifs is 1. The fourth-order valence-electron chi connectivity index (χ4n) is 2.25. The van der Waals surface area contributed by atoms with Gasteiger partial charge in [0.15, 0.2) is 6.10 Å². The summed E-state index contributed by atoms with van der Waals surface area (Å²) in [5.74, 6) is 0.711. The standard InChI is InChI=1S/C17H16N2O4/c1-10-16(20)19-14-9-12(6-7-15(14)23-10)18-17(21)11-4-3-5-13(8-11)22-2/h3-10H,1-2H3,(H,18,21)(H,19,20)/t10-/m1/s1. The van der Waals surface area contributed by atoms with E-state index in [2.05, 4.69) is 10.6 Å². The van der Waals surface area contributed by atoms with Crippen LogP contribution in [-0.2, 0) is 4.79 Å². The lowest BCUT2D eigenvalue weighted by molar-refractivity contribution is -0.122. The summed E-state index contributed by atoms with van der Waals surface area (Å²) in [6, 6.07) is 12.0. The van der Waals surface area contributed by atoms with Gasteiger partial charge in [0.2, 0.25) is 0 Å². The molecule has 1 aliphatic rings. The minimum absolute atomic E-state index is 0.214. The molecule has 3 rings (SSSR count). The second-order valence-electron chi connectivity index (χ2n) is 5.15. The molecule has 118 valence electrons. The summed E-state index contributed by atoms with van der Waals surface area (Å²) in [4.78, 5) is 23.9. The molecule has 2 aromatic rings. The third-order valence-corrected chi connectivity index (χ3v) is 3.50. The third kappa shape index (κ3) is 3.11. The molecule has 0 aliphatic carbocycles. The molecule has 6 heteroatoms. The van der Waals surface area contributed by atoms with Crippen LogP contribution in [0.25, 0.3) is 0 Å². The van der Waals surface area contributed by atoms with Gasteiger partial charge < -0.3 is 20.1 Å². The Kier molecular flexibility index (Phi) is 3.89. The van der Waals surface area contributed by atoms with E-state index in [1.165, 1.54) is 0 Å². The number of amides is 2. The fraction of sp³-hybridized carbons (Fsp3) is 0.176. The number of ether oxygens (including phenoxy) is 2. The minimum Gasteiger partial charge on any atom is -0.497 e. The van der Waals surface area contributed by atoms with E-state index in [0.29, 0.717) is 28.4 Å². The molecule has 0 saturated heterocycles. The quantitative estimate of drug-likeness (QED) is 0.913. The van der Waals surface area contributed by atoms with Crippen LogP contribution in [-0.4, -0.2) is 25.0 Å². The van der Waals surface area contributed by atoms with Crippen molar-refractivity contribution in [2.45, 2.75) is 13.0 Å². The first-order chi connectivity index (χ1) is 11.1. The van der Waals surface area contributed by atoms with Crippen molar-refractivity contribution in [3.8, 4) is 11.5 Å². The van der Waals surface area contributed by atoms with Gasteiger partial charge in [0.05, 0.1) is 12.8 Å². The summed E-state index contributed by atoms with van der Waals surface area (Å²) in [5.41, 5.74) is 1.59. The maximum absolute atomic E-state index is 12.3. The molecule has 0 bridgehead atoms. The molecule has 2 N–H and O–H groups in total. The van der Waals surface area contributed by atoms with Gasteiger partial charge >= 0.3 is 0 Å². The van der Waals surface area contributed by atoms with Crippen molar-refractivity contribution in [2.24, 2.45) is 0 Å². The smallest absolute Gasteiger partial charge is 0.265 e. The Morgan fingerprint density at radius 2 is 2.09 bits per heavy atom. The molecule has 1 heterocycles. The summed E-state index contributed by atoms with van der Waals surface area (Å²) in [6.07, 6.45) is -0.528. The monoisotopic (exact) mass is 312 g/mol. The average Bonchev–Trinajstić information content (AvgIpc) is 2.56. The van der Waals surface area contributed by atoms with Gasteiger partial charge in [-0.1, -0.05) is 6.07 Å². The number of rotatable bonds is 3. The molecule has 0 radical (unpaired) electrons. The van der Waals surface area contributed by atoms with Crippen molar-refractivity contribution in [3.05, 3.63) is 48.0 Å². The van der Waals surface area contributed by atoms with Gasteiger partial charge in [0.1, 0.15) is 11.5 Å². The van der Waals surface area contributed by atoms with Gasteiger partial charge in [-0.3, -0.25) is 9.59 Å². The van der Waals surface area contributed by atoms with Crippen LogP contribution in [0.2, 0.25) is 0 Å². The highest BCUT2D eigenvalue weighted by Crippen LogP contribution is 2.32. The lowest BCUT2D eigenvalue weighted by Crippen LogP contribution is -2.34. The van der Waals surface area contributed by atoms with E-state index in [0.717, 1.165) is 0 Å². The lowest BCUT2D eigenvalue weighted by atomic mass is 10.1. The molecule has 0 spiro atoms. The molecule has 6 nitrogen and oxygen atoms in total.